The molecule has 0 heterocycles. The number of halogens is 1. The number of hydrogen-bond acceptors (Lipinski definition) is 3. The zero-order valence-corrected chi connectivity index (χ0v) is 11.9. The molecule has 0 aliphatic heterocycles. The Hall–Kier alpha value is -0.290. The van der Waals surface area contributed by atoms with Crippen LogP contribution in [0.25, 0.3) is 0 Å². The summed E-state index contributed by atoms with van der Waals surface area (Å²) in [6.07, 6.45) is 5.14. The van der Waals surface area contributed by atoms with Crippen LogP contribution in [0.2, 0.25) is 0 Å². The topological polar surface area (TPSA) is 63.2 Å². The molecule has 0 aromatic heterocycles. The SMILES string of the molecule is CC(C(=O)NCC1CCCC(Cl)C1)S(C)(=O)=O. The highest BCUT2D eigenvalue weighted by molar-refractivity contribution is 7.92. The van der Waals surface area contributed by atoms with Crippen molar-refractivity contribution in [1.82, 2.24) is 5.32 Å². The van der Waals surface area contributed by atoms with Crippen LogP contribution in [-0.4, -0.2) is 37.8 Å². The van der Waals surface area contributed by atoms with Crippen LogP contribution in [0.15, 0.2) is 0 Å². The average Bonchev–Trinajstić information content (AvgIpc) is 2.23. The van der Waals surface area contributed by atoms with Crippen molar-refractivity contribution in [3.05, 3.63) is 0 Å². The van der Waals surface area contributed by atoms with Crippen molar-refractivity contribution in [3.8, 4) is 0 Å². The van der Waals surface area contributed by atoms with Gasteiger partial charge in [0.15, 0.2) is 9.84 Å². The van der Waals surface area contributed by atoms with E-state index in [1.54, 1.807) is 0 Å². The number of alkyl halides is 1. The van der Waals surface area contributed by atoms with Crippen LogP contribution >= 0.6 is 11.6 Å². The van der Waals surface area contributed by atoms with Crippen molar-refractivity contribution in [1.29, 1.82) is 0 Å². The standard InChI is InChI=1S/C11H20ClNO3S/c1-8(17(2,15)16)11(14)13-7-9-4-3-5-10(12)6-9/h8-10H,3-7H2,1-2H3,(H,13,14). The van der Waals surface area contributed by atoms with Gasteiger partial charge in [0.1, 0.15) is 5.25 Å². The first-order valence-corrected chi connectivity index (χ1v) is 8.30. The van der Waals surface area contributed by atoms with Gasteiger partial charge in [0.05, 0.1) is 0 Å². The number of carbonyl (C=O) groups excluding carboxylic acids is 1. The Morgan fingerprint density at radius 1 is 1.47 bits per heavy atom. The summed E-state index contributed by atoms with van der Waals surface area (Å²) in [6, 6.07) is 0. The molecule has 1 aliphatic rings. The van der Waals surface area contributed by atoms with E-state index in [2.05, 4.69) is 5.32 Å². The molecule has 0 bridgehead atoms. The minimum Gasteiger partial charge on any atom is -0.355 e. The van der Waals surface area contributed by atoms with Crippen molar-refractivity contribution in [2.45, 2.75) is 43.2 Å². The fraction of sp³-hybridized carbons (Fsp3) is 0.909. The van der Waals surface area contributed by atoms with Crippen molar-refractivity contribution in [2.75, 3.05) is 12.8 Å². The van der Waals surface area contributed by atoms with E-state index in [0.29, 0.717) is 12.5 Å². The molecule has 17 heavy (non-hydrogen) atoms. The molecule has 0 saturated heterocycles. The van der Waals surface area contributed by atoms with Crippen LogP contribution < -0.4 is 5.32 Å². The zero-order valence-electron chi connectivity index (χ0n) is 10.3. The molecule has 100 valence electrons. The summed E-state index contributed by atoms with van der Waals surface area (Å²) in [4.78, 5) is 11.6. The van der Waals surface area contributed by atoms with Crippen LogP contribution in [0.4, 0.5) is 0 Å². The van der Waals surface area contributed by atoms with E-state index in [0.717, 1.165) is 31.9 Å². The molecule has 1 N–H and O–H groups in total. The van der Waals surface area contributed by atoms with E-state index in [9.17, 15) is 13.2 Å². The summed E-state index contributed by atoms with van der Waals surface area (Å²) >= 11 is 6.05. The first-order chi connectivity index (χ1) is 7.80. The molecular weight excluding hydrogens is 262 g/mol. The third kappa shape index (κ3) is 4.84. The van der Waals surface area contributed by atoms with Gasteiger partial charge in [-0.05, 0) is 32.1 Å². The van der Waals surface area contributed by atoms with Gasteiger partial charge < -0.3 is 5.32 Å². The number of carbonyl (C=O) groups is 1. The minimum absolute atomic E-state index is 0.193. The monoisotopic (exact) mass is 281 g/mol. The van der Waals surface area contributed by atoms with Gasteiger partial charge in [0, 0.05) is 18.2 Å². The molecule has 3 atom stereocenters. The zero-order chi connectivity index (χ0) is 13.1. The Kier molecular flexibility index (Phi) is 5.25. The highest BCUT2D eigenvalue weighted by atomic mass is 35.5. The van der Waals surface area contributed by atoms with E-state index in [-0.39, 0.29) is 5.38 Å². The van der Waals surface area contributed by atoms with Crippen molar-refractivity contribution < 1.29 is 13.2 Å². The molecule has 1 fully saturated rings. The largest absolute Gasteiger partial charge is 0.355 e. The number of amides is 1. The van der Waals surface area contributed by atoms with Crippen molar-refractivity contribution in [3.63, 3.8) is 0 Å². The Bertz CT molecular complexity index is 369. The van der Waals surface area contributed by atoms with E-state index in [4.69, 9.17) is 11.6 Å². The van der Waals surface area contributed by atoms with E-state index in [1.165, 1.54) is 6.92 Å². The predicted octanol–water partition coefficient (Wildman–Crippen LogP) is 1.33. The summed E-state index contributed by atoms with van der Waals surface area (Å²) in [5.41, 5.74) is 0. The molecule has 1 saturated carbocycles. The van der Waals surface area contributed by atoms with Crippen LogP contribution in [0.5, 0.6) is 0 Å². The summed E-state index contributed by atoms with van der Waals surface area (Å²) in [6.45, 7) is 1.94. The minimum atomic E-state index is -3.30. The summed E-state index contributed by atoms with van der Waals surface area (Å²) < 4.78 is 22.4. The van der Waals surface area contributed by atoms with E-state index >= 15 is 0 Å². The molecule has 0 aromatic carbocycles. The lowest BCUT2D eigenvalue weighted by Crippen LogP contribution is -2.40. The second-order valence-corrected chi connectivity index (χ2v) is 7.83. The second-order valence-electron chi connectivity index (χ2n) is 4.85. The maximum absolute atomic E-state index is 11.6. The van der Waals surface area contributed by atoms with Gasteiger partial charge in [-0.2, -0.15) is 0 Å². The van der Waals surface area contributed by atoms with Crippen molar-refractivity contribution >= 4 is 27.3 Å². The summed E-state index contributed by atoms with van der Waals surface area (Å²) in [5.74, 6) is -0.0360. The van der Waals surface area contributed by atoms with Gasteiger partial charge in [-0.25, -0.2) is 8.42 Å². The lowest BCUT2D eigenvalue weighted by molar-refractivity contribution is -0.120. The molecular formula is C11H20ClNO3S. The van der Waals surface area contributed by atoms with Crippen molar-refractivity contribution in [2.24, 2.45) is 5.92 Å². The molecule has 0 aromatic rings. The maximum atomic E-state index is 11.6. The predicted molar refractivity (Wildman–Crippen MR) is 68.9 cm³/mol. The fourth-order valence-electron chi connectivity index (χ4n) is 1.99. The van der Waals surface area contributed by atoms with Crippen LogP contribution in [0.1, 0.15) is 32.6 Å². The second kappa shape index (κ2) is 6.05. The summed E-state index contributed by atoms with van der Waals surface area (Å²) in [5, 5.41) is 1.92. The van der Waals surface area contributed by atoms with Crippen LogP contribution in [0.3, 0.4) is 0 Å². The van der Waals surface area contributed by atoms with Crippen LogP contribution in [0, 0.1) is 5.92 Å². The molecule has 4 nitrogen and oxygen atoms in total. The maximum Gasteiger partial charge on any atom is 0.238 e. The van der Waals surface area contributed by atoms with Gasteiger partial charge in [-0.1, -0.05) is 6.42 Å². The molecule has 3 unspecified atom stereocenters. The first-order valence-electron chi connectivity index (χ1n) is 5.91. The van der Waals surface area contributed by atoms with Gasteiger partial charge in [-0.15, -0.1) is 11.6 Å². The molecule has 1 rings (SSSR count). The average molecular weight is 282 g/mol. The highest BCUT2D eigenvalue weighted by Gasteiger charge is 2.25. The van der Waals surface area contributed by atoms with Gasteiger partial charge in [0.2, 0.25) is 5.91 Å². The third-order valence-corrected chi connectivity index (χ3v) is 5.19. The first kappa shape index (κ1) is 14.8. The number of hydrogen-bond donors (Lipinski definition) is 1. The van der Waals surface area contributed by atoms with Crippen LogP contribution in [-0.2, 0) is 14.6 Å². The normalized spacial score (nSPS) is 27.5. The molecule has 1 aliphatic carbocycles. The quantitative estimate of drug-likeness (QED) is 0.791. The van der Waals surface area contributed by atoms with Gasteiger partial charge >= 0.3 is 0 Å². The Morgan fingerprint density at radius 3 is 2.65 bits per heavy atom. The number of nitrogens with one attached hydrogen (secondary N) is 1. The lowest BCUT2D eigenvalue weighted by Gasteiger charge is -2.25. The molecule has 6 heteroatoms. The van der Waals surface area contributed by atoms with Gasteiger partial charge in [0.25, 0.3) is 0 Å². The molecule has 0 spiro atoms. The number of sulfone groups is 1. The fourth-order valence-corrected chi connectivity index (χ4v) is 2.87. The lowest BCUT2D eigenvalue weighted by atomic mass is 9.89. The Morgan fingerprint density at radius 2 is 2.12 bits per heavy atom. The van der Waals surface area contributed by atoms with E-state index < -0.39 is 21.0 Å². The van der Waals surface area contributed by atoms with E-state index in [1.807, 2.05) is 0 Å². The smallest absolute Gasteiger partial charge is 0.238 e. The molecule has 0 radical (unpaired) electrons. The Labute approximate surface area is 108 Å². The van der Waals surface area contributed by atoms with Gasteiger partial charge in [-0.3, -0.25) is 4.79 Å². The molecule has 1 amide bonds. The summed E-state index contributed by atoms with van der Waals surface area (Å²) in [7, 11) is -3.30. The third-order valence-electron chi connectivity index (χ3n) is 3.30. The number of rotatable bonds is 4. The Balaban J connectivity index is 2.38. The highest BCUT2D eigenvalue weighted by Crippen LogP contribution is 2.27.